The molecule has 0 unspecified atom stereocenters. The molecule has 1 saturated carbocycles. The summed E-state index contributed by atoms with van der Waals surface area (Å²) >= 11 is 3.29. The van der Waals surface area contributed by atoms with E-state index in [1.165, 1.54) is 19.3 Å². The van der Waals surface area contributed by atoms with E-state index in [0.717, 1.165) is 17.3 Å². The van der Waals surface area contributed by atoms with Crippen molar-refractivity contribution in [1.29, 1.82) is 0 Å². The van der Waals surface area contributed by atoms with Crippen molar-refractivity contribution in [3.05, 3.63) is 28.7 Å². The van der Waals surface area contributed by atoms with Crippen molar-refractivity contribution in [2.24, 2.45) is 0 Å². The van der Waals surface area contributed by atoms with E-state index in [9.17, 15) is 8.42 Å². The van der Waals surface area contributed by atoms with Gasteiger partial charge in [-0.2, -0.15) is 0 Å². The van der Waals surface area contributed by atoms with Crippen molar-refractivity contribution in [1.82, 2.24) is 4.72 Å². The molecule has 0 saturated heterocycles. The van der Waals surface area contributed by atoms with Crippen LogP contribution in [-0.4, -0.2) is 27.7 Å². The molecule has 0 radical (unpaired) electrons. The van der Waals surface area contributed by atoms with Crippen LogP contribution in [-0.2, 0) is 14.8 Å². The molecule has 1 aliphatic carbocycles. The van der Waals surface area contributed by atoms with Crippen molar-refractivity contribution in [3.8, 4) is 0 Å². The lowest BCUT2D eigenvalue weighted by molar-refractivity contribution is 0.0278. The van der Waals surface area contributed by atoms with Gasteiger partial charge in [-0.1, -0.05) is 35.2 Å². The third kappa shape index (κ3) is 5.70. The van der Waals surface area contributed by atoms with Crippen LogP contribution in [0.25, 0.3) is 0 Å². The molecule has 0 aromatic heterocycles. The maximum atomic E-state index is 12.0. The molecule has 2 rings (SSSR count). The Bertz CT molecular complexity index is 524. The Morgan fingerprint density at radius 2 is 1.81 bits per heavy atom. The minimum Gasteiger partial charge on any atom is -0.378 e. The van der Waals surface area contributed by atoms with E-state index in [4.69, 9.17) is 4.74 Å². The molecule has 0 amide bonds. The van der Waals surface area contributed by atoms with Crippen LogP contribution in [0.15, 0.2) is 33.6 Å². The van der Waals surface area contributed by atoms with Gasteiger partial charge in [-0.05, 0) is 43.5 Å². The molecule has 21 heavy (non-hydrogen) atoms. The normalized spacial score (nSPS) is 17.0. The smallest absolute Gasteiger partial charge is 0.240 e. The molecule has 0 atom stereocenters. The number of ether oxygens (including phenoxy) is 1. The summed E-state index contributed by atoms with van der Waals surface area (Å²) in [6.07, 6.45) is 7.18. The standard InChI is InChI=1S/C15H22BrNO3S/c16-13-7-9-15(10-8-13)21(18,19)17-11-4-12-20-14-5-2-1-3-6-14/h7-10,14,17H,1-6,11-12H2. The predicted octanol–water partition coefficient (Wildman–Crippen LogP) is 3.47. The van der Waals surface area contributed by atoms with Gasteiger partial charge in [0.2, 0.25) is 10.0 Å². The first-order valence-electron chi connectivity index (χ1n) is 7.45. The topological polar surface area (TPSA) is 55.4 Å². The van der Waals surface area contributed by atoms with Crippen molar-refractivity contribution in [2.45, 2.75) is 49.5 Å². The molecule has 118 valence electrons. The van der Waals surface area contributed by atoms with Crippen LogP contribution in [0.1, 0.15) is 38.5 Å². The SMILES string of the molecule is O=S(=O)(NCCCOC1CCCCC1)c1ccc(Br)cc1. The number of nitrogens with one attached hydrogen (secondary N) is 1. The number of sulfonamides is 1. The summed E-state index contributed by atoms with van der Waals surface area (Å²) in [6, 6.07) is 6.62. The van der Waals surface area contributed by atoms with E-state index in [1.807, 2.05) is 0 Å². The van der Waals surface area contributed by atoms with Gasteiger partial charge in [0.1, 0.15) is 0 Å². The average Bonchev–Trinajstić information content (AvgIpc) is 2.48. The second kappa shape index (κ2) is 8.27. The van der Waals surface area contributed by atoms with Crippen molar-refractivity contribution >= 4 is 26.0 Å². The summed E-state index contributed by atoms with van der Waals surface area (Å²) in [5, 5.41) is 0. The van der Waals surface area contributed by atoms with Crippen LogP contribution < -0.4 is 4.72 Å². The maximum Gasteiger partial charge on any atom is 0.240 e. The zero-order chi connectivity index (χ0) is 15.1. The van der Waals surface area contributed by atoms with E-state index >= 15 is 0 Å². The van der Waals surface area contributed by atoms with Gasteiger partial charge < -0.3 is 4.74 Å². The van der Waals surface area contributed by atoms with Gasteiger partial charge in [0, 0.05) is 17.6 Å². The third-order valence-corrected chi connectivity index (χ3v) is 5.65. The molecule has 0 heterocycles. The zero-order valence-corrected chi connectivity index (χ0v) is 14.5. The number of hydrogen-bond donors (Lipinski definition) is 1. The molecule has 0 bridgehead atoms. The lowest BCUT2D eigenvalue weighted by atomic mass is 9.98. The minimum atomic E-state index is -3.41. The van der Waals surface area contributed by atoms with E-state index in [-0.39, 0.29) is 0 Å². The molecule has 1 aromatic carbocycles. The molecule has 1 fully saturated rings. The van der Waals surface area contributed by atoms with Gasteiger partial charge in [0.05, 0.1) is 11.0 Å². The third-order valence-electron chi connectivity index (χ3n) is 3.64. The Labute approximate surface area is 135 Å². The number of halogens is 1. The largest absolute Gasteiger partial charge is 0.378 e. The van der Waals surface area contributed by atoms with E-state index < -0.39 is 10.0 Å². The molecule has 1 aromatic rings. The highest BCUT2D eigenvalue weighted by Gasteiger charge is 2.14. The van der Waals surface area contributed by atoms with E-state index in [1.54, 1.807) is 24.3 Å². The maximum absolute atomic E-state index is 12.0. The minimum absolute atomic E-state index is 0.291. The van der Waals surface area contributed by atoms with Crippen molar-refractivity contribution in [2.75, 3.05) is 13.2 Å². The fraction of sp³-hybridized carbons (Fsp3) is 0.600. The highest BCUT2D eigenvalue weighted by Crippen LogP contribution is 2.20. The summed E-state index contributed by atoms with van der Waals surface area (Å²) in [5.41, 5.74) is 0. The zero-order valence-electron chi connectivity index (χ0n) is 12.1. The Morgan fingerprint density at radius 1 is 1.14 bits per heavy atom. The van der Waals surface area contributed by atoms with Crippen LogP contribution in [0.4, 0.5) is 0 Å². The summed E-state index contributed by atoms with van der Waals surface area (Å²) < 4.78 is 33.3. The molecule has 0 aliphatic heterocycles. The first-order valence-corrected chi connectivity index (χ1v) is 9.72. The monoisotopic (exact) mass is 375 g/mol. The molecular formula is C15H22BrNO3S. The van der Waals surface area contributed by atoms with Crippen LogP contribution >= 0.6 is 15.9 Å². The van der Waals surface area contributed by atoms with Gasteiger partial charge in [-0.25, -0.2) is 13.1 Å². The second-order valence-electron chi connectivity index (χ2n) is 5.34. The van der Waals surface area contributed by atoms with Crippen molar-refractivity contribution < 1.29 is 13.2 Å². The predicted molar refractivity (Wildman–Crippen MR) is 86.8 cm³/mol. The van der Waals surface area contributed by atoms with E-state index in [0.29, 0.717) is 30.6 Å². The lowest BCUT2D eigenvalue weighted by Crippen LogP contribution is -2.26. The fourth-order valence-electron chi connectivity index (χ4n) is 2.46. The Morgan fingerprint density at radius 3 is 2.48 bits per heavy atom. The summed E-state index contributed by atoms with van der Waals surface area (Å²) in [6.45, 7) is 1.03. The first-order chi connectivity index (χ1) is 10.1. The molecular weight excluding hydrogens is 354 g/mol. The Balaban J connectivity index is 1.68. The van der Waals surface area contributed by atoms with Gasteiger partial charge in [0.25, 0.3) is 0 Å². The Kier molecular flexibility index (Phi) is 6.67. The summed E-state index contributed by atoms with van der Waals surface area (Å²) in [7, 11) is -3.41. The quantitative estimate of drug-likeness (QED) is 0.742. The van der Waals surface area contributed by atoms with Gasteiger partial charge in [0.15, 0.2) is 0 Å². The fourth-order valence-corrected chi connectivity index (χ4v) is 3.80. The number of rotatable bonds is 7. The molecule has 6 heteroatoms. The average molecular weight is 376 g/mol. The van der Waals surface area contributed by atoms with E-state index in [2.05, 4.69) is 20.7 Å². The van der Waals surface area contributed by atoms with Crippen LogP contribution in [0.3, 0.4) is 0 Å². The number of benzene rings is 1. The van der Waals surface area contributed by atoms with Gasteiger partial charge in [-0.3, -0.25) is 0 Å². The first kappa shape index (κ1) is 16.9. The van der Waals surface area contributed by atoms with Gasteiger partial charge in [-0.15, -0.1) is 0 Å². The highest BCUT2D eigenvalue weighted by molar-refractivity contribution is 9.10. The number of hydrogen-bond acceptors (Lipinski definition) is 3. The second-order valence-corrected chi connectivity index (χ2v) is 8.02. The molecule has 4 nitrogen and oxygen atoms in total. The highest BCUT2D eigenvalue weighted by atomic mass is 79.9. The molecule has 0 spiro atoms. The van der Waals surface area contributed by atoms with Crippen molar-refractivity contribution in [3.63, 3.8) is 0 Å². The van der Waals surface area contributed by atoms with Gasteiger partial charge >= 0.3 is 0 Å². The molecule has 1 aliphatic rings. The van der Waals surface area contributed by atoms with Crippen LogP contribution in [0, 0.1) is 0 Å². The summed E-state index contributed by atoms with van der Waals surface area (Å²) in [5.74, 6) is 0. The Hall–Kier alpha value is -0.430. The van der Waals surface area contributed by atoms with Crippen LogP contribution in [0.5, 0.6) is 0 Å². The van der Waals surface area contributed by atoms with Crippen LogP contribution in [0.2, 0.25) is 0 Å². The lowest BCUT2D eigenvalue weighted by Gasteiger charge is -2.21. The summed E-state index contributed by atoms with van der Waals surface area (Å²) in [4.78, 5) is 0.291. The molecule has 1 N–H and O–H groups in total.